The van der Waals surface area contributed by atoms with Crippen molar-refractivity contribution in [2.75, 3.05) is 5.75 Å². The van der Waals surface area contributed by atoms with Crippen LogP contribution in [0, 0.1) is 0 Å². The van der Waals surface area contributed by atoms with Gasteiger partial charge in [0, 0.05) is 11.3 Å². The molecule has 0 bridgehead atoms. The van der Waals surface area contributed by atoms with E-state index in [1.54, 1.807) is 0 Å². The van der Waals surface area contributed by atoms with Crippen LogP contribution in [-0.2, 0) is 4.79 Å². The lowest BCUT2D eigenvalue weighted by atomic mass is 9.95. The van der Waals surface area contributed by atoms with Gasteiger partial charge in [-0.3, -0.25) is 4.79 Å². The van der Waals surface area contributed by atoms with Gasteiger partial charge < -0.3 is 11.1 Å². The molecule has 0 radical (unpaired) electrons. The summed E-state index contributed by atoms with van der Waals surface area (Å²) in [5.41, 5.74) is 5.07. The molecule has 0 heterocycles. The van der Waals surface area contributed by atoms with Gasteiger partial charge in [-0.1, -0.05) is 19.3 Å². The monoisotopic (exact) mass is 284 g/mol. The molecule has 0 spiro atoms. The van der Waals surface area contributed by atoms with E-state index in [1.165, 1.54) is 50.7 Å². The van der Waals surface area contributed by atoms with Gasteiger partial charge in [0.05, 0.1) is 5.54 Å². The third-order valence-corrected chi connectivity index (χ3v) is 5.84. The zero-order chi connectivity index (χ0) is 13.7. The first-order valence-corrected chi connectivity index (χ1v) is 8.84. The van der Waals surface area contributed by atoms with Crippen LogP contribution in [0.5, 0.6) is 0 Å². The molecule has 1 amide bonds. The van der Waals surface area contributed by atoms with Gasteiger partial charge in [0.15, 0.2) is 0 Å². The summed E-state index contributed by atoms with van der Waals surface area (Å²) in [6.07, 6.45) is 11.3. The first kappa shape index (κ1) is 15.2. The van der Waals surface area contributed by atoms with Gasteiger partial charge >= 0.3 is 0 Å². The normalized spacial score (nSPS) is 24.1. The zero-order valence-electron chi connectivity index (χ0n) is 12.1. The van der Waals surface area contributed by atoms with Gasteiger partial charge in [-0.25, -0.2) is 0 Å². The predicted molar refractivity (Wildman–Crippen MR) is 82.3 cm³/mol. The molecule has 0 aliphatic heterocycles. The average Bonchev–Trinajstić information content (AvgIpc) is 3.19. The van der Waals surface area contributed by atoms with Gasteiger partial charge in [-0.2, -0.15) is 11.8 Å². The highest BCUT2D eigenvalue weighted by Crippen LogP contribution is 2.30. The Hall–Kier alpha value is -0.220. The number of thioether (sulfide) groups is 1. The molecule has 0 aromatic heterocycles. The molecule has 3 N–H and O–H groups in total. The number of carbonyl (C=O) groups excluding carboxylic acids is 1. The van der Waals surface area contributed by atoms with Crippen molar-refractivity contribution in [2.24, 2.45) is 5.73 Å². The fourth-order valence-electron chi connectivity index (χ4n) is 2.85. The van der Waals surface area contributed by atoms with Crippen molar-refractivity contribution in [1.82, 2.24) is 5.32 Å². The van der Waals surface area contributed by atoms with Crippen LogP contribution in [-0.4, -0.2) is 28.5 Å². The third kappa shape index (κ3) is 4.99. The fraction of sp³-hybridized carbons (Fsp3) is 0.933. The second-order valence-corrected chi connectivity index (χ2v) is 7.76. The molecule has 0 aromatic carbocycles. The van der Waals surface area contributed by atoms with Crippen LogP contribution >= 0.6 is 11.8 Å². The van der Waals surface area contributed by atoms with Crippen LogP contribution in [0.2, 0.25) is 0 Å². The van der Waals surface area contributed by atoms with Crippen LogP contribution < -0.4 is 11.1 Å². The number of rotatable bonds is 8. The Bertz CT molecular complexity index is 301. The number of hydrogen-bond donors (Lipinski definition) is 2. The zero-order valence-corrected chi connectivity index (χ0v) is 12.9. The number of hydrogen-bond acceptors (Lipinski definition) is 3. The second kappa shape index (κ2) is 6.98. The Labute approximate surface area is 121 Å². The standard InChI is InChI=1S/C15H28N2OS/c1-15(14(16)18,17-12-8-9-12)10-5-11-19-13-6-3-2-4-7-13/h12-13,17H,2-11H2,1H3,(H2,16,18). The smallest absolute Gasteiger partial charge is 0.237 e. The Balaban J connectivity index is 1.65. The first-order valence-electron chi connectivity index (χ1n) is 7.79. The van der Waals surface area contributed by atoms with Gasteiger partial charge in [-0.15, -0.1) is 0 Å². The highest BCUT2D eigenvalue weighted by atomic mass is 32.2. The van der Waals surface area contributed by atoms with E-state index in [0.717, 1.165) is 18.1 Å². The molecule has 1 atom stereocenters. The molecular weight excluding hydrogens is 256 g/mol. The molecule has 2 rings (SSSR count). The van der Waals surface area contributed by atoms with Crippen molar-refractivity contribution in [2.45, 2.75) is 81.5 Å². The molecule has 3 nitrogen and oxygen atoms in total. The summed E-state index contributed by atoms with van der Waals surface area (Å²) < 4.78 is 0. The maximum absolute atomic E-state index is 11.6. The minimum Gasteiger partial charge on any atom is -0.368 e. The molecule has 4 heteroatoms. The van der Waals surface area contributed by atoms with Crippen LogP contribution in [0.25, 0.3) is 0 Å². The van der Waals surface area contributed by atoms with Crippen LogP contribution in [0.15, 0.2) is 0 Å². The van der Waals surface area contributed by atoms with E-state index in [9.17, 15) is 4.79 Å². The van der Waals surface area contributed by atoms with E-state index in [0.29, 0.717) is 6.04 Å². The van der Waals surface area contributed by atoms with E-state index in [1.807, 2.05) is 6.92 Å². The van der Waals surface area contributed by atoms with E-state index < -0.39 is 5.54 Å². The number of nitrogens with two attached hydrogens (primary N) is 1. The lowest BCUT2D eigenvalue weighted by Gasteiger charge is -2.28. The SMILES string of the molecule is CC(CCCSC1CCCCC1)(NC1CC1)C(N)=O. The quantitative estimate of drug-likeness (QED) is 0.674. The molecule has 2 aliphatic carbocycles. The molecule has 110 valence electrons. The van der Waals surface area contributed by atoms with Crippen LogP contribution in [0.3, 0.4) is 0 Å². The Morgan fingerprint density at radius 3 is 2.53 bits per heavy atom. The van der Waals surface area contributed by atoms with Gasteiger partial charge in [0.1, 0.15) is 0 Å². The predicted octanol–water partition coefficient (Wildman–Crippen LogP) is 2.83. The molecule has 2 aliphatic rings. The number of primary amides is 1. The summed E-state index contributed by atoms with van der Waals surface area (Å²) in [5, 5.41) is 4.29. The molecule has 2 saturated carbocycles. The van der Waals surface area contributed by atoms with Crippen LogP contribution in [0.1, 0.15) is 64.7 Å². The third-order valence-electron chi connectivity index (χ3n) is 4.37. The van der Waals surface area contributed by atoms with E-state index in [4.69, 9.17) is 5.73 Å². The van der Waals surface area contributed by atoms with Crippen LogP contribution in [0.4, 0.5) is 0 Å². The maximum Gasteiger partial charge on any atom is 0.237 e. The number of carbonyl (C=O) groups is 1. The van der Waals surface area contributed by atoms with Crippen molar-refractivity contribution in [3.8, 4) is 0 Å². The first-order chi connectivity index (χ1) is 9.10. The summed E-state index contributed by atoms with van der Waals surface area (Å²) in [6, 6.07) is 0.531. The molecular formula is C15H28N2OS. The Kier molecular flexibility index (Phi) is 5.58. The van der Waals surface area contributed by atoms with E-state index >= 15 is 0 Å². The highest BCUT2D eigenvalue weighted by Gasteiger charge is 2.36. The van der Waals surface area contributed by atoms with E-state index in [2.05, 4.69) is 17.1 Å². The lowest BCUT2D eigenvalue weighted by Crippen LogP contribution is -2.54. The fourth-order valence-corrected chi connectivity index (χ4v) is 4.16. The van der Waals surface area contributed by atoms with Gasteiger partial charge in [0.25, 0.3) is 0 Å². The van der Waals surface area contributed by atoms with Crippen molar-refractivity contribution in [3.63, 3.8) is 0 Å². The molecule has 2 fully saturated rings. The summed E-state index contributed by atoms with van der Waals surface area (Å²) in [5.74, 6) is 0.974. The summed E-state index contributed by atoms with van der Waals surface area (Å²) in [7, 11) is 0. The summed E-state index contributed by atoms with van der Waals surface area (Å²) in [6.45, 7) is 1.97. The van der Waals surface area contributed by atoms with Gasteiger partial charge in [0.2, 0.25) is 5.91 Å². The molecule has 0 saturated heterocycles. The highest BCUT2D eigenvalue weighted by molar-refractivity contribution is 7.99. The Morgan fingerprint density at radius 1 is 1.26 bits per heavy atom. The van der Waals surface area contributed by atoms with Crippen molar-refractivity contribution >= 4 is 17.7 Å². The lowest BCUT2D eigenvalue weighted by molar-refractivity contribution is -0.124. The average molecular weight is 284 g/mol. The molecule has 0 aromatic rings. The number of nitrogens with one attached hydrogen (secondary N) is 1. The largest absolute Gasteiger partial charge is 0.368 e. The topological polar surface area (TPSA) is 55.1 Å². The van der Waals surface area contributed by atoms with E-state index in [-0.39, 0.29) is 5.91 Å². The number of amides is 1. The minimum absolute atomic E-state index is 0.193. The minimum atomic E-state index is -0.492. The van der Waals surface area contributed by atoms with Crippen molar-refractivity contribution < 1.29 is 4.79 Å². The second-order valence-electron chi connectivity index (χ2n) is 6.35. The van der Waals surface area contributed by atoms with Gasteiger partial charge in [-0.05, 0) is 51.2 Å². The molecule has 1 unspecified atom stereocenters. The maximum atomic E-state index is 11.6. The van der Waals surface area contributed by atoms with Crippen molar-refractivity contribution in [1.29, 1.82) is 0 Å². The summed E-state index contributed by atoms with van der Waals surface area (Å²) in [4.78, 5) is 11.6. The molecule has 19 heavy (non-hydrogen) atoms. The Morgan fingerprint density at radius 2 is 1.95 bits per heavy atom. The van der Waals surface area contributed by atoms with Crippen molar-refractivity contribution in [3.05, 3.63) is 0 Å². The summed E-state index contributed by atoms with van der Waals surface area (Å²) >= 11 is 2.10.